The number of hydrogen-bond donors (Lipinski definition) is 4. The molecule has 0 aliphatic heterocycles. The summed E-state index contributed by atoms with van der Waals surface area (Å²) in [5.41, 5.74) is 6.19. The van der Waals surface area contributed by atoms with E-state index in [1.807, 2.05) is 12.1 Å². The van der Waals surface area contributed by atoms with Crippen molar-refractivity contribution in [1.82, 2.24) is 5.32 Å². The third-order valence-corrected chi connectivity index (χ3v) is 10.2. The van der Waals surface area contributed by atoms with Gasteiger partial charge in [-0.1, -0.05) is 103 Å². The summed E-state index contributed by atoms with van der Waals surface area (Å²) in [7, 11) is 1.30. The van der Waals surface area contributed by atoms with E-state index in [0.717, 1.165) is 39.4 Å². The Balaban J connectivity index is 1.24. The van der Waals surface area contributed by atoms with Gasteiger partial charge in [0, 0.05) is 12.7 Å². The predicted molar refractivity (Wildman–Crippen MR) is 205 cm³/mol. The third kappa shape index (κ3) is 5.31. The van der Waals surface area contributed by atoms with Crippen LogP contribution in [0.3, 0.4) is 0 Å². The van der Waals surface area contributed by atoms with Crippen molar-refractivity contribution in [2.75, 3.05) is 12.4 Å². The lowest BCUT2D eigenvalue weighted by atomic mass is 9.67. The van der Waals surface area contributed by atoms with Gasteiger partial charge in [0.25, 0.3) is 11.8 Å². The number of carbonyl (C=O) groups is 4. The van der Waals surface area contributed by atoms with Crippen molar-refractivity contribution in [3.05, 3.63) is 184 Å². The highest BCUT2D eigenvalue weighted by Crippen LogP contribution is 2.56. The fourth-order valence-electron chi connectivity index (χ4n) is 7.84. The van der Waals surface area contributed by atoms with Crippen LogP contribution in [0.25, 0.3) is 32.7 Å². The average Bonchev–Trinajstić information content (AvgIpc) is 3.47. The molecule has 0 atom stereocenters. The second-order valence-electron chi connectivity index (χ2n) is 13.3. The Morgan fingerprint density at radius 1 is 0.509 bits per heavy atom. The molecule has 0 heterocycles. The molecular weight excluding hydrogens is 665 g/mol. The molecule has 8 heteroatoms. The lowest BCUT2D eigenvalue weighted by Gasteiger charge is -2.34. The van der Waals surface area contributed by atoms with Crippen LogP contribution in [-0.4, -0.2) is 41.0 Å². The third-order valence-electron chi connectivity index (χ3n) is 10.2. The van der Waals surface area contributed by atoms with E-state index in [-0.39, 0.29) is 11.1 Å². The topological polar surface area (TPSA) is 133 Å². The minimum Gasteiger partial charge on any atom is -0.478 e. The highest BCUT2D eigenvalue weighted by molar-refractivity contribution is 6.15. The number of hydrogen-bond acceptors (Lipinski definition) is 4. The molecule has 2 amide bonds. The minimum atomic E-state index is -1.48. The molecule has 1 aliphatic rings. The summed E-state index contributed by atoms with van der Waals surface area (Å²) in [4.78, 5) is 50.0. The van der Waals surface area contributed by atoms with Gasteiger partial charge < -0.3 is 20.8 Å². The zero-order valence-corrected chi connectivity index (χ0v) is 28.7. The van der Waals surface area contributed by atoms with Crippen molar-refractivity contribution in [2.45, 2.75) is 12.3 Å². The number of benzene rings is 7. The summed E-state index contributed by atoms with van der Waals surface area (Å²) < 4.78 is 0. The lowest BCUT2D eigenvalue weighted by molar-refractivity contribution is 0.0676. The second-order valence-corrected chi connectivity index (χ2v) is 13.3. The predicted octanol–water partition coefficient (Wildman–Crippen LogP) is 8.67. The standard InChI is InChI=1S/C45H32N2O6/c1-25-11-12-27-20-30(16-13-26(27)19-25)45(39-9-5-3-7-33(39)34-8-4-6-10-40(34)45)31-17-14-29-22-32(18-15-28(29)21-31)47-42(49)36-24-37(43(50)51)35(41(48)46-2)23-38(36)44(52)53/h3-24H,1-2H3,(H,46,48)(H,47,49)(H,50,51)(H,52,53). The van der Waals surface area contributed by atoms with Gasteiger partial charge in [0.15, 0.2) is 0 Å². The van der Waals surface area contributed by atoms with Crippen LogP contribution in [0, 0.1) is 6.92 Å². The molecule has 258 valence electrons. The number of anilines is 1. The number of fused-ring (bicyclic) bond motifs is 5. The van der Waals surface area contributed by atoms with Gasteiger partial charge in [-0.3, -0.25) is 9.59 Å². The molecule has 0 spiro atoms. The summed E-state index contributed by atoms with van der Waals surface area (Å²) in [5.74, 6) is -4.56. The van der Waals surface area contributed by atoms with E-state index in [0.29, 0.717) is 5.69 Å². The highest BCUT2D eigenvalue weighted by Gasteiger charge is 2.46. The van der Waals surface area contributed by atoms with Crippen LogP contribution in [0.1, 0.15) is 69.2 Å². The first-order valence-corrected chi connectivity index (χ1v) is 17.0. The molecule has 0 fully saturated rings. The van der Waals surface area contributed by atoms with Gasteiger partial charge >= 0.3 is 11.9 Å². The quantitative estimate of drug-likeness (QED) is 0.132. The molecule has 7 aromatic carbocycles. The number of aryl methyl sites for hydroxylation is 1. The molecule has 8 rings (SSSR count). The Morgan fingerprint density at radius 2 is 0.981 bits per heavy atom. The lowest BCUT2D eigenvalue weighted by Crippen LogP contribution is -2.28. The molecule has 0 saturated carbocycles. The molecule has 0 unspecified atom stereocenters. The molecule has 4 N–H and O–H groups in total. The minimum absolute atomic E-state index is 0.362. The Labute approximate surface area is 304 Å². The Bertz CT molecular complexity index is 2670. The normalized spacial score (nSPS) is 12.6. The van der Waals surface area contributed by atoms with Gasteiger partial charge in [0.2, 0.25) is 0 Å². The molecule has 7 aromatic rings. The molecule has 8 nitrogen and oxygen atoms in total. The van der Waals surface area contributed by atoms with E-state index in [1.165, 1.54) is 40.3 Å². The van der Waals surface area contributed by atoms with E-state index in [1.54, 1.807) is 12.1 Å². The highest BCUT2D eigenvalue weighted by atomic mass is 16.4. The monoisotopic (exact) mass is 696 g/mol. The van der Waals surface area contributed by atoms with Crippen LogP contribution in [0.15, 0.2) is 133 Å². The van der Waals surface area contributed by atoms with Gasteiger partial charge in [-0.2, -0.15) is 0 Å². The van der Waals surface area contributed by atoms with E-state index in [9.17, 15) is 29.4 Å². The maximum atomic E-state index is 13.5. The Morgan fingerprint density at radius 3 is 1.53 bits per heavy atom. The summed E-state index contributed by atoms with van der Waals surface area (Å²) in [6.07, 6.45) is 0. The fraction of sp³-hybridized carbons (Fsp3) is 0.0667. The van der Waals surface area contributed by atoms with Crippen LogP contribution in [0.2, 0.25) is 0 Å². The summed E-state index contributed by atoms with van der Waals surface area (Å²) in [6, 6.07) is 43.8. The SMILES string of the molecule is CNC(=O)c1cc(C(=O)O)c(C(=O)Nc2ccc3cc(C4(c5ccc6cc(C)ccc6c5)c5ccccc5-c5ccccc54)ccc3c2)cc1C(=O)O. The van der Waals surface area contributed by atoms with Crippen LogP contribution < -0.4 is 10.6 Å². The second kappa shape index (κ2) is 12.6. The number of rotatable bonds is 7. The summed E-state index contributed by atoms with van der Waals surface area (Å²) >= 11 is 0. The van der Waals surface area contributed by atoms with Crippen LogP contribution >= 0.6 is 0 Å². The van der Waals surface area contributed by atoms with Crippen molar-refractivity contribution in [3.63, 3.8) is 0 Å². The zero-order chi connectivity index (χ0) is 37.0. The molecule has 0 aromatic heterocycles. The van der Waals surface area contributed by atoms with Gasteiger partial charge in [-0.15, -0.1) is 0 Å². The van der Waals surface area contributed by atoms with E-state index < -0.39 is 40.3 Å². The number of nitrogens with one attached hydrogen (secondary N) is 2. The van der Waals surface area contributed by atoms with Crippen LogP contribution in [0.4, 0.5) is 5.69 Å². The van der Waals surface area contributed by atoms with E-state index >= 15 is 0 Å². The first-order valence-electron chi connectivity index (χ1n) is 17.0. The molecule has 53 heavy (non-hydrogen) atoms. The van der Waals surface area contributed by atoms with Crippen molar-refractivity contribution in [2.24, 2.45) is 0 Å². The number of aromatic carboxylic acids is 2. The molecule has 0 radical (unpaired) electrons. The van der Waals surface area contributed by atoms with Crippen LogP contribution in [0.5, 0.6) is 0 Å². The van der Waals surface area contributed by atoms with Gasteiger partial charge in [0.05, 0.1) is 27.7 Å². The fourth-order valence-corrected chi connectivity index (χ4v) is 7.84. The summed E-state index contributed by atoms with van der Waals surface area (Å²) in [6.45, 7) is 2.10. The number of carboxylic acids is 2. The van der Waals surface area contributed by atoms with E-state index in [4.69, 9.17) is 0 Å². The number of amides is 2. The van der Waals surface area contributed by atoms with Crippen molar-refractivity contribution < 1.29 is 29.4 Å². The first kappa shape index (κ1) is 33.1. The molecule has 0 saturated heterocycles. The first-order chi connectivity index (χ1) is 25.6. The smallest absolute Gasteiger partial charge is 0.336 e. The van der Waals surface area contributed by atoms with Crippen molar-refractivity contribution >= 4 is 51.0 Å². The summed E-state index contributed by atoms with van der Waals surface area (Å²) in [5, 5.41) is 28.7. The Kier molecular flexibility index (Phi) is 7.88. The Hall–Kier alpha value is -7.06. The largest absolute Gasteiger partial charge is 0.478 e. The van der Waals surface area contributed by atoms with E-state index in [2.05, 4.69) is 115 Å². The number of carbonyl (C=O) groups excluding carboxylic acids is 2. The van der Waals surface area contributed by atoms with Crippen molar-refractivity contribution in [3.8, 4) is 11.1 Å². The maximum Gasteiger partial charge on any atom is 0.336 e. The molecule has 1 aliphatic carbocycles. The van der Waals surface area contributed by atoms with Crippen molar-refractivity contribution in [1.29, 1.82) is 0 Å². The van der Waals surface area contributed by atoms with Gasteiger partial charge in [-0.05, 0) is 98.2 Å². The van der Waals surface area contributed by atoms with Crippen LogP contribution in [-0.2, 0) is 5.41 Å². The average molecular weight is 697 g/mol. The van der Waals surface area contributed by atoms with Gasteiger partial charge in [-0.25, -0.2) is 9.59 Å². The molecule has 0 bridgehead atoms. The number of carboxylic acid groups (broad SMARTS) is 2. The zero-order valence-electron chi connectivity index (χ0n) is 28.7. The molecular formula is C45H32N2O6. The maximum absolute atomic E-state index is 13.5. The van der Waals surface area contributed by atoms with Gasteiger partial charge in [0.1, 0.15) is 0 Å².